The summed E-state index contributed by atoms with van der Waals surface area (Å²) >= 11 is 0. The molecule has 0 aromatic carbocycles. The first kappa shape index (κ1) is 29.0. The molecule has 4 atom stereocenters. The van der Waals surface area contributed by atoms with E-state index in [1.54, 1.807) is 0 Å². The van der Waals surface area contributed by atoms with Crippen molar-refractivity contribution in [3.8, 4) is 0 Å². The molecule has 0 radical (unpaired) electrons. The van der Waals surface area contributed by atoms with Crippen molar-refractivity contribution in [1.29, 1.82) is 0 Å². The second-order valence-corrected chi connectivity index (χ2v) is 12.6. The van der Waals surface area contributed by atoms with Crippen LogP contribution in [0.1, 0.15) is 167 Å². The molecule has 3 fully saturated rings. The number of carbonyl (C=O) groups is 1. The summed E-state index contributed by atoms with van der Waals surface area (Å²) in [6.45, 7) is 2.39. The van der Waals surface area contributed by atoms with Crippen LogP contribution in [-0.4, -0.2) is 24.2 Å². The Morgan fingerprint density at radius 1 is 0.514 bits per heavy atom. The van der Waals surface area contributed by atoms with Crippen molar-refractivity contribution in [1.82, 2.24) is 5.32 Å². The highest BCUT2D eigenvalue weighted by Crippen LogP contribution is 2.27. The zero-order valence-electron chi connectivity index (χ0n) is 23.4. The van der Waals surface area contributed by atoms with Gasteiger partial charge in [-0.3, -0.25) is 4.79 Å². The van der Waals surface area contributed by atoms with Crippen molar-refractivity contribution in [2.24, 2.45) is 11.8 Å². The van der Waals surface area contributed by atoms with Gasteiger partial charge in [-0.15, -0.1) is 0 Å². The Morgan fingerprint density at radius 3 is 1.57 bits per heavy atom. The van der Waals surface area contributed by atoms with Crippen LogP contribution in [0.15, 0.2) is 0 Å². The Hall–Kier alpha value is -0.570. The second-order valence-electron chi connectivity index (χ2n) is 12.6. The van der Waals surface area contributed by atoms with E-state index in [1.807, 2.05) is 0 Å². The van der Waals surface area contributed by atoms with Gasteiger partial charge in [0, 0.05) is 12.0 Å². The third kappa shape index (κ3) is 12.5. The first-order valence-electron chi connectivity index (χ1n) is 16.2. The summed E-state index contributed by atoms with van der Waals surface area (Å²) in [6, 6.07) is 0.393. The maximum atomic E-state index is 13.2. The van der Waals surface area contributed by atoms with Crippen molar-refractivity contribution < 1.29 is 9.53 Å². The average molecular weight is 490 g/mol. The molecule has 0 heterocycles. The summed E-state index contributed by atoms with van der Waals surface area (Å²) in [4.78, 5) is 13.2. The number of carbonyl (C=O) groups excluding carboxylic acids is 1. The number of rotatable bonds is 4. The number of nitrogens with one attached hydrogen (secondary N) is 1. The van der Waals surface area contributed by atoms with Crippen LogP contribution in [-0.2, 0) is 9.53 Å². The number of amides is 1. The van der Waals surface area contributed by atoms with Crippen molar-refractivity contribution in [3.05, 3.63) is 0 Å². The monoisotopic (exact) mass is 489 g/mol. The summed E-state index contributed by atoms with van der Waals surface area (Å²) in [7, 11) is 0. The van der Waals surface area contributed by atoms with E-state index in [0.29, 0.717) is 24.2 Å². The molecule has 1 amide bonds. The highest BCUT2D eigenvalue weighted by molar-refractivity contribution is 5.78. The van der Waals surface area contributed by atoms with Crippen molar-refractivity contribution in [2.45, 2.75) is 186 Å². The Bertz CT molecular complexity index is 540. The van der Waals surface area contributed by atoms with E-state index in [1.165, 1.54) is 141 Å². The van der Waals surface area contributed by atoms with E-state index in [4.69, 9.17) is 4.74 Å². The van der Waals surface area contributed by atoms with Crippen LogP contribution in [0.25, 0.3) is 0 Å². The molecule has 0 aromatic heterocycles. The van der Waals surface area contributed by atoms with Crippen molar-refractivity contribution in [3.63, 3.8) is 0 Å². The van der Waals surface area contributed by atoms with Crippen molar-refractivity contribution >= 4 is 5.91 Å². The van der Waals surface area contributed by atoms with Gasteiger partial charge in [-0.05, 0) is 57.3 Å². The smallest absolute Gasteiger partial charge is 0.223 e. The van der Waals surface area contributed by atoms with Crippen LogP contribution in [0.3, 0.4) is 0 Å². The highest BCUT2D eigenvalue weighted by Gasteiger charge is 2.23. The lowest BCUT2D eigenvalue weighted by atomic mass is 9.94. The molecule has 0 spiro atoms. The second kappa shape index (κ2) is 17.8. The van der Waals surface area contributed by atoms with Crippen LogP contribution >= 0.6 is 0 Å². The molecule has 3 saturated carbocycles. The van der Waals surface area contributed by atoms with Crippen LogP contribution < -0.4 is 5.32 Å². The Kier molecular flexibility index (Phi) is 14.8. The predicted molar refractivity (Wildman–Crippen MR) is 149 cm³/mol. The lowest BCUT2D eigenvalue weighted by Crippen LogP contribution is -2.39. The van der Waals surface area contributed by atoms with E-state index in [9.17, 15) is 4.79 Å². The lowest BCUT2D eigenvalue weighted by Gasteiger charge is -2.26. The summed E-state index contributed by atoms with van der Waals surface area (Å²) in [6.07, 6.45) is 33.1. The fourth-order valence-electron chi connectivity index (χ4n) is 6.92. The van der Waals surface area contributed by atoms with E-state index < -0.39 is 0 Å². The Balaban J connectivity index is 1.42. The maximum absolute atomic E-state index is 13.2. The molecule has 3 rings (SSSR count). The standard InChI is InChI=1S/C32H59NO2/c1-27-17-12-13-19-28(20-16-18-27)32(34)33-29-21-8-7-11-25-31(26-15-14-22-29)35-30-23-9-5-3-2-4-6-10-24-30/h27-31H,2-26H2,1H3,(H,33,34). The van der Waals surface area contributed by atoms with Crippen LogP contribution in [0.4, 0.5) is 0 Å². The van der Waals surface area contributed by atoms with Gasteiger partial charge in [-0.1, -0.05) is 116 Å². The highest BCUT2D eigenvalue weighted by atomic mass is 16.5. The Labute approximate surface area is 218 Å². The van der Waals surface area contributed by atoms with Gasteiger partial charge in [0.25, 0.3) is 0 Å². The normalized spacial score (nSPS) is 32.3. The molecule has 204 valence electrons. The van der Waals surface area contributed by atoms with E-state index in [2.05, 4.69) is 12.2 Å². The molecule has 35 heavy (non-hydrogen) atoms. The summed E-state index contributed by atoms with van der Waals surface area (Å²) in [5.74, 6) is 1.47. The minimum atomic E-state index is 0.258. The van der Waals surface area contributed by atoms with E-state index in [0.717, 1.165) is 25.2 Å². The molecule has 0 aliphatic heterocycles. The molecule has 0 bridgehead atoms. The number of hydrogen-bond donors (Lipinski definition) is 1. The summed E-state index contributed by atoms with van der Waals surface area (Å²) in [5, 5.41) is 3.54. The predicted octanol–water partition coefficient (Wildman–Crippen LogP) is 9.27. The molecule has 1 N–H and O–H groups in total. The van der Waals surface area contributed by atoms with Gasteiger partial charge in [0.05, 0.1) is 12.2 Å². The van der Waals surface area contributed by atoms with E-state index in [-0.39, 0.29) is 5.92 Å². The molecule has 0 aromatic rings. The molecule has 0 saturated heterocycles. The largest absolute Gasteiger partial charge is 0.375 e. The molecule has 3 aliphatic rings. The maximum Gasteiger partial charge on any atom is 0.223 e. The molecule has 4 unspecified atom stereocenters. The van der Waals surface area contributed by atoms with Gasteiger partial charge in [-0.2, -0.15) is 0 Å². The zero-order chi connectivity index (χ0) is 24.6. The molecular weight excluding hydrogens is 430 g/mol. The van der Waals surface area contributed by atoms with Gasteiger partial charge in [0.15, 0.2) is 0 Å². The minimum Gasteiger partial charge on any atom is -0.375 e. The van der Waals surface area contributed by atoms with Gasteiger partial charge >= 0.3 is 0 Å². The average Bonchev–Trinajstić information content (AvgIpc) is 2.92. The van der Waals surface area contributed by atoms with Gasteiger partial charge in [-0.25, -0.2) is 0 Å². The quantitative estimate of drug-likeness (QED) is 0.427. The third-order valence-corrected chi connectivity index (χ3v) is 9.31. The molecule has 3 nitrogen and oxygen atoms in total. The topological polar surface area (TPSA) is 38.3 Å². The summed E-state index contributed by atoms with van der Waals surface area (Å²) < 4.78 is 6.78. The lowest BCUT2D eigenvalue weighted by molar-refractivity contribution is -0.126. The van der Waals surface area contributed by atoms with Gasteiger partial charge in [0.2, 0.25) is 5.91 Å². The molecular formula is C32H59NO2. The fourth-order valence-corrected chi connectivity index (χ4v) is 6.92. The zero-order valence-corrected chi connectivity index (χ0v) is 23.4. The summed E-state index contributed by atoms with van der Waals surface area (Å²) in [5.41, 5.74) is 0. The number of ether oxygens (including phenoxy) is 1. The Morgan fingerprint density at radius 2 is 0.914 bits per heavy atom. The van der Waals surface area contributed by atoms with Crippen LogP contribution in [0, 0.1) is 11.8 Å². The fraction of sp³-hybridized carbons (Fsp3) is 0.969. The van der Waals surface area contributed by atoms with E-state index >= 15 is 0 Å². The molecule has 3 aliphatic carbocycles. The third-order valence-electron chi connectivity index (χ3n) is 9.31. The van der Waals surface area contributed by atoms with Gasteiger partial charge < -0.3 is 10.1 Å². The molecule has 3 heteroatoms. The van der Waals surface area contributed by atoms with Crippen molar-refractivity contribution in [2.75, 3.05) is 0 Å². The SMILES string of the molecule is CC1CCCCC(C(=O)NC2CCCCCC(OC3CCCCCCCCC3)CCCC2)CCC1. The van der Waals surface area contributed by atoms with Crippen LogP contribution in [0.2, 0.25) is 0 Å². The first-order valence-corrected chi connectivity index (χ1v) is 16.2. The number of hydrogen-bond acceptors (Lipinski definition) is 2. The first-order chi connectivity index (χ1) is 17.2. The minimum absolute atomic E-state index is 0.258. The van der Waals surface area contributed by atoms with Gasteiger partial charge in [0.1, 0.15) is 0 Å². The van der Waals surface area contributed by atoms with Crippen LogP contribution in [0.5, 0.6) is 0 Å².